The number of thioether (sulfide) groups is 1. The molecule has 1 aromatic rings. The van der Waals surface area contributed by atoms with Crippen LogP contribution >= 0.6 is 11.8 Å². The summed E-state index contributed by atoms with van der Waals surface area (Å²) in [5, 5.41) is 8.83. The molecule has 0 aliphatic carbocycles. The Bertz CT molecular complexity index is 268. The Morgan fingerprint density at radius 2 is 2.46 bits per heavy atom. The van der Waals surface area contributed by atoms with Crippen LogP contribution in [-0.4, -0.2) is 22.5 Å². The van der Waals surface area contributed by atoms with Crippen LogP contribution in [0.2, 0.25) is 0 Å². The van der Waals surface area contributed by atoms with Gasteiger partial charge in [-0.05, 0) is 12.0 Å². The van der Waals surface area contributed by atoms with E-state index in [1.807, 2.05) is 13.0 Å². The molecular weight excluding hydrogens is 184 g/mol. The summed E-state index contributed by atoms with van der Waals surface area (Å²) in [6.45, 7) is 2.22. The molecule has 13 heavy (non-hydrogen) atoms. The number of nitrogens with zero attached hydrogens (tertiary/aromatic N) is 1. The summed E-state index contributed by atoms with van der Waals surface area (Å²) in [6.07, 6.45) is 3.37. The van der Waals surface area contributed by atoms with Gasteiger partial charge < -0.3 is 10.8 Å². The number of hydrogen-bond donors (Lipinski definition) is 2. The minimum absolute atomic E-state index is 0.220. The zero-order valence-corrected chi connectivity index (χ0v) is 8.42. The van der Waals surface area contributed by atoms with E-state index < -0.39 is 0 Å². The van der Waals surface area contributed by atoms with E-state index >= 15 is 0 Å². The van der Waals surface area contributed by atoms with Gasteiger partial charge in [0.2, 0.25) is 0 Å². The summed E-state index contributed by atoms with van der Waals surface area (Å²) in [5.74, 6) is 1.18. The normalized spacial score (nSPS) is 12.8. The van der Waals surface area contributed by atoms with Crippen LogP contribution in [0.25, 0.3) is 0 Å². The van der Waals surface area contributed by atoms with Crippen LogP contribution in [0.3, 0.4) is 0 Å². The summed E-state index contributed by atoms with van der Waals surface area (Å²) in [7, 11) is 0. The van der Waals surface area contributed by atoms with Gasteiger partial charge in [0, 0.05) is 23.5 Å². The first-order valence-corrected chi connectivity index (χ1v) is 5.15. The second-order valence-electron chi connectivity index (χ2n) is 3.01. The lowest BCUT2D eigenvalue weighted by molar-refractivity contribution is 0.250. The molecule has 0 aliphatic rings. The van der Waals surface area contributed by atoms with Gasteiger partial charge in [0.1, 0.15) is 0 Å². The third-order valence-electron chi connectivity index (χ3n) is 1.65. The molecule has 0 aromatic carbocycles. The van der Waals surface area contributed by atoms with Gasteiger partial charge >= 0.3 is 0 Å². The number of nitrogens with two attached hydrogens (primary N) is 1. The predicted octanol–water partition coefficient (Wildman–Crippen LogP) is 1.38. The van der Waals surface area contributed by atoms with E-state index in [-0.39, 0.29) is 6.61 Å². The molecule has 0 saturated heterocycles. The van der Waals surface area contributed by atoms with E-state index in [0.717, 1.165) is 10.6 Å². The maximum atomic E-state index is 8.83. The van der Waals surface area contributed by atoms with Crippen LogP contribution in [0, 0.1) is 5.92 Å². The molecule has 1 atom stereocenters. The molecule has 3 N–H and O–H groups in total. The average Bonchev–Trinajstić information content (AvgIpc) is 2.16. The van der Waals surface area contributed by atoms with Crippen molar-refractivity contribution in [3.63, 3.8) is 0 Å². The molecule has 0 fully saturated rings. The fraction of sp³-hybridized carbons (Fsp3) is 0.444. The summed E-state index contributed by atoms with van der Waals surface area (Å²) in [6, 6.07) is 1.89. The van der Waals surface area contributed by atoms with Crippen molar-refractivity contribution >= 4 is 17.4 Å². The Morgan fingerprint density at radius 1 is 1.69 bits per heavy atom. The Hall–Kier alpha value is -0.740. The van der Waals surface area contributed by atoms with E-state index in [1.165, 1.54) is 0 Å². The average molecular weight is 198 g/mol. The first-order chi connectivity index (χ1) is 6.24. The first kappa shape index (κ1) is 10.3. The zero-order chi connectivity index (χ0) is 9.68. The molecule has 3 nitrogen and oxygen atoms in total. The lowest BCUT2D eigenvalue weighted by Crippen LogP contribution is -2.03. The first-order valence-electron chi connectivity index (χ1n) is 4.17. The molecule has 0 spiro atoms. The van der Waals surface area contributed by atoms with Gasteiger partial charge in [-0.25, -0.2) is 0 Å². The minimum atomic E-state index is 0.220. The Morgan fingerprint density at radius 3 is 3.08 bits per heavy atom. The highest BCUT2D eigenvalue weighted by Crippen LogP contribution is 2.25. The third kappa shape index (κ3) is 3.24. The van der Waals surface area contributed by atoms with Gasteiger partial charge in [-0.1, -0.05) is 6.92 Å². The Labute approximate surface area is 82.4 Å². The number of aromatic nitrogens is 1. The van der Waals surface area contributed by atoms with Gasteiger partial charge in [0.15, 0.2) is 0 Å². The number of aliphatic hydroxyl groups excluding tert-OH is 1. The van der Waals surface area contributed by atoms with Gasteiger partial charge in [0.05, 0.1) is 11.9 Å². The Balaban J connectivity index is 2.50. The van der Waals surface area contributed by atoms with Crippen LogP contribution in [-0.2, 0) is 0 Å². The van der Waals surface area contributed by atoms with E-state index in [1.54, 1.807) is 24.2 Å². The van der Waals surface area contributed by atoms with Crippen molar-refractivity contribution < 1.29 is 5.11 Å². The molecule has 1 unspecified atom stereocenters. The van der Waals surface area contributed by atoms with E-state index in [4.69, 9.17) is 10.8 Å². The highest BCUT2D eigenvalue weighted by molar-refractivity contribution is 7.99. The number of hydrogen-bond acceptors (Lipinski definition) is 4. The van der Waals surface area contributed by atoms with E-state index in [0.29, 0.717) is 11.6 Å². The molecule has 1 rings (SSSR count). The maximum absolute atomic E-state index is 8.83. The highest BCUT2D eigenvalue weighted by atomic mass is 32.2. The number of rotatable bonds is 4. The van der Waals surface area contributed by atoms with Crippen LogP contribution < -0.4 is 5.73 Å². The lowest BCUT2D eigenvalue weighted by Gasteiger charge is -2.08. The topological polar surface area (TPSA) is 59.1 Å². The predicted molar refractivity (Wildman–Crippen MR) is 55.6 cm³/mol. The fourth-order valence-corrected chi connectivity index (χ4v) is 1.76. The molecule has 4 heteroatoms. The smallest absolute Gasteiger partial charge is 0.0638 e. The number of anilines is 1. The van der Waals surface area contributed by atoms with Gasteiger partial charge in [-0.15, -0.1) is 11.8 Å². The second-order valence-corrected chi connectivity index (χ2v) is 4.07. The monoisotopic (exact) mass is 198 g/mol. The highest BCUT2D eigenvalue weighted by Gasteiger charge is 2.03. The fourth-order valence-electron chi connectivity index (χ4n) is 0.810. The third-order valence-corrected chi connectivity index (χ3v) is 3.06. The number of aliphatic hydroxyl groups is 1. The lowest BCUT2D eigenvalue weighted by atomic mass is 10.2. The van der Waals surface area contributed by atoms with Crippen molar-refractivity contribution in [1.29, 1.82) is 0 Å². The van der Waals surface area contributed by atoms with Gasteiger partial charge in [0.25, 0.3) is 0 Å². The van der Waals surface area contributed by atoms with Crippen LogP contribution in [0.5, 0.6) is 0 Å². The Kier molecular flexibility index (Phi) is 4.05. The largest absolute Gasteiger partial charge is 0.397 e. The van der Waals surface area contributed by atoms with Crippen molar-refractivity contribution in [2.45, 2.75) is 11.8 Å². The summed E-state index contributed by atoms with van der Waals surface area (Å²) in [5.41, 5.74) is 6.41. The molecular formula is C9H14N2OS. The summed E-state index contributed by atoms with van der Waals surface area (Å²) < 4.78 is 0. The second kappa shape index (κ2) is 5.09. The number of pyridine rings is 1. The summed E-state index contributed by atoms with van der Waals surface area (Å²) in [4.78, 5) is 4.94. The summed E-state index contributed by atoms with van der Waals surface area (Å²) >= 11 is 1.65. The van der Waals surface area contributed by atoms with Crippen molar-refractivity contribution in [3.8, 4) is 0 Å². The SMILES string of the molecule is CC(CO)CSc1ccncc1N. The quantitative estimate of drug-likeness (QED) is 0.718. The standard InChI is InChI=1S/C9H14N2OS/c1-7(5-12)6-13-9-2-3-11-4-8(9)10/h2-4,7,12H,5-6,10H2,1H3. The molecule has 72 valence electrons. The molecule has 1 heterocycles. The molecule has 1 aromatic heterocycles. The van der Waals surface area contributed by atoms with Crippen LogP contribution in [0.4, 0.5) is 5.69 Å². The zero-order valence-electron chi connectivity index (χ0n) is 7.60. The van der Waals surface area contributed by atoms with Crippen molar-refractivity contribution in [2.75, 3.05) is 18.1 Å². The minimum Gasteiger partial charge on any atom is -0.397 e. The van der Waals surface area contributed by atoms with Crippen molar-refractivity contribution in [3.05, 3.63) is 18.5 Å². The van der Waals surface area contributed by atoms with Crippen molar-refractivity contribution in [2.24, 2.45) is 5.92 Å². The molecule has 0 bridgehead atoms. The van der Waals surface area contributed by atoms with E-state index in [2.05, 4.69) is 4.98 Å². The molecule has 0 aliphatic heterocycles. The van der Waals surface area contributed by atoms with Gasteiger partial charge in [-0.2, -0.15) is 0 Å². The maximum Gasteiger partial charge on any atom is 0.0638 e. The van der Waals surface area contributed by atoms with Crippen molar-refractivity contribution in [1.82, 2.24) is 4.98 Å². The van der Waals surface area contributed by atoms with Gasteiger partial charge in [-0.3, -0.25) is 4.98 Å². The van der Waals surface area contributed by atoms with E-state index in [9.17, 15) is 0 Å². The van der Waals surface area contributed by atoms with Crippen LogP contribution in [0.15, 0.2) is 23.4 Å². The number of nitrogen functional groups attached to an aromatic ring is 1. The molecule has 0 radical (unpaired) electrons. The van der Waals surface area contributed by atoms with Crippen LogP contribution in [0.1, 0.15) is 6.92 Å². The molecule has 0 saturated carbocycles. The molecule has 0 amide bonds.